The molecular formula is C17H13N3O4. The van der Waals surface area contributed by atoms with Gasteiger partial charge in [-0.05, 0) is 48.0 Å². The van der Waals surface area contributed by atoms with Crippen LogP contribution in [0.1, 0.15) is 15.9 Å². The molecule has 7 heteroatoms. The summed E-state index contributed by atoms with van der Waals surface area (Å²) in [7, 11) is 0. The summed E-state index contributed by atoms with van der Waals surface area (Å²) >= 11 is 0. The largest absolute Gasteiger partial charge is 0.479 e. The van der Waals surface area contributed by atoms with Crippen molar-refractivity contribution in [2.24, 2.45) is 5.10 Å². The van der Waals surface area contributed by atoms with Gasteiger partial charge in [-0.2, -0.15) is 10.4 Å². The van der Waals surface area contributed by atoms with Gasteiger partial charge in [0.2, 0.25) is 6.79 Å². The van der Waals surface area contributed by atoms with Crippen LogP contribution in [0.25, 0.3) is 0 Å². The monoisotopic (exact) mass is 323 g/mol. The van der Waals surface area contributed by atoms with Crippen LogP contribution in [0.5, 0.6) is 17.2 Å². The fourth-order valence-corrected chi connectivity index (χ4v) is 2.03. The Hall–Kier alpha value is -3.53. The second-order valence-corrected chi connectivity index (χ2v) is 4.78. The fourth-order valence-electron chi connectivity index (χ4n) is 2.03. The molecule has 120 valence electrons. The molecule has 0 spiro atoms. The van der Waals surface area contributed by atoms with E-state index in [1.165, 1.54) is 6.21 Å². The first-order valence-electron chi connectivity index (χ1n) is 7.09. The van der Waals surface area contributed by atoms with Gasteiger partial charge >= 0.3 is 0 Å². The van der Waals surface area contributed by atoms with Crippen molar-refractivity contribution >= 4 is 12.1 Å². The van der Waals surface area contributed by atoms with E-state index in [0.29, 0.717) is 22.8 Å². The molecule has 1 N–H and O–H groups in total. The minimum atomic E-state index is -0.349. The van der Waals surface area contributed by atoms with Crippen LogP contribution in [-0.4, -0.2) is 25.5 Å². The highest BCUT2D eigenvalue weighted by Crippen LogP contribution is 2.32. The van der Waals surface area contributed by atoms with Crippen molar-refractivity contribution in [1.29, 1.82) is 5.26 Å². The number of carbonyl (C=O) groups excluding carboxylic acids is 1. The summed E-state index contributed by atoms with van der Waals surface area (Å²) in [5, 5.41) is 12.4. The maximum atomic E-state index is 12.0. The highest BCUT2D eigenvalue weighted by Gasteiger charge is 2.15. The summed E-state index contributed by atoms with van der Waals surface area (Å²) in [6.45, 7) is 0.158. The molecule has 0 unspecified atom stereocenters. The number of fused-ring (bicyclic) bond motifs is 1. The average molecular weight is 323 g/mol. The van der Waals surface area contributed by atoms with Crippen molar-refractivity contribution in [2.75, 3.05) is 13.4 Å². The van der Waals surface area contributed by atoms with E-state index in [1.54, 1.807) is 42.5 Å². The Balaban J connectivity index is 1.57. The van der Waals surface area contributed by atoms with Gasteiger partial charge in [0.05, 0.1) is 6.21 Å². The minimum Gasteiger partial charge on any atom is -0.479 e. The quantitative estimate of drug-likeness (QED) is 0.672. The van der Waals surface area contributed by atoms with Gasteiger partial charge in [-0.15, -0.1) is 0 Å². The Morgan fingerprint density at radius 2 is 2.04 bits per heavy atom. The Labute approximate surface area is 138 Å². The van der Waals surface area contributed by atoms with Gasteiger partial charge < -0.3 is 14.2 Å². The molecule has 0 radical (unpaired) electrons. The third-order valence-corrected chi connectivity index (χ3v) is 3.20. The summed E-state index contributed by atoms with van der Waals surface area (Å²) in [5.41, 5.74) is 3.66. The molecule has 0 saturated heterocycles. The van der Waals surface area contributed by atoms with E-state index >= 15 is 0 Å². The van der Waals surface area contributed by atoms with Gasteiger partial charge in [-0.1, -0.05) is 0 Å². The zero-order valence-corrected chi connectivity index (χ0v) is 12.6. The van der Waals surface area contributed by atoms with Gasteiger partial charge in [-0.3, -0.25) is 4.79 Å². The third kappa shape index (κ3) is 3.62. The molecule has 1 aliphatic heterocycles. The minimum absolute atomic E-state index is 0.000967. The maximum absolute atomic E-state index is 12.0. The van der Waals surface area contributed by atoms with Crippen LogP contribution in [-0.2, 0) is 0 Å². The third-order valence-electron chi connectivity index (χ3n) is 3.20. The molecular weight excluding hydrogens is 310 g/mol. The molecule has 1 amide bonds. The molecule has 1 heterocycles. The van der Waals surface area contributed by atoms with Crippen LogP contribution in [0.15, 0.2) is 47.6 Å². The molecule has 0 bridgehead atoms. The summed E-state index contributed by atoms with van der Waals surface area (Å²) < 4.78 is 15.6. The Kier molecular flexibility index (Phi) is 4.58. The lowest BCUT2D eigenvalue weighted by Gasteiger charge is -2.02. The average Bonchev–Trinajstić information content (AvgIpc) is 3.08. The number of nitrogens with one attached hydrogen (secondary N) is 1. The smallest absolute Gasteiger partial charge is 0.271 e. The molecule has 0 atom stereocenters. The Morgan fingerprint density at radius 1 is 1.25 bits per heavy atom. The van der Waals surface area contributed by atoms with Crippen molar-refractivity contribution in [1.82, 2.24) is 5.43 Å². The number of hydrazone groups is 1. The zero-order valence-electron chi connectivity index (χ0n) is 12.6. The molecule has 0 aromatic heterocycles. The van der Waals surface area contributed by atoms with E-state index in [9.17, 15) is 4.79 Å². The second-order valence-electron chi connectivity index (χ2n) is 4.78. The molecule has 1 aliphatic rings. The summed E-state index contributed by atoms with van der Waals surface area (Å²) in [6.07, 6.45) is 1.51. The lowest BCUT2D eigenvalue weighted by atomic mass is 10.2. The molecule has 3 rings (SSSR count). The van der Waals surface area contributed by atoms with Gasteiger partial charge in [0.1, 0.15) is 11.8 Å². The van der Waals surface area contributed by atoms with E-state index < -0.39 is 0 Å². The first-order valence-corrected chi connectivity index (χ1v) is 7.09. The van der Waals surface area contributed by atoms with Crippen LogP contribution < -0.4 is 19.6 Å². The molecule has 0 fully saturated rings. The van der Waals surface area contributed by atoms with Crippen LogP contribution in [0.2, 0.25) is 0 Å². The van der Waals surface area contributed by atoms with Crippen molar-refractivity contribution in [2.45, 2.75) is 0 Å². The first kappa shape index (κ1) is 15.4. The molecule has 7 nitrogen and oxygen atoms in total. The number of amides is 1. The van der Waals surface area contributed by atoms with Gasteiger partial charge in [-0.25, -0.2) is 5.43 Å². The standard InChI is InChI=1S/C17H13N3O4/c18-7-8-22-14-4-1-12(2-5-14)10-19-20-17(21)13-3-6-15-16(9-13)24-11-23-15/h1-6,9-10H,8,11H2,(H,20,21)/b19-10-. The number of nitrogens with zero attached hydrogens (tertiary/aromatic N) is 2. The van der Waals surface area contributed by atoms with Crippen LogP contribution >= 0.6 is 0 Å². The number of rotatable bonds is 5. The van der Waals surface area contributed by atoms with Crippen molar-refractivity contribution in [3.05, 3.63) is 53.6 Å². The molecule has 0 saturated carbocycles. The van der Waals surface area contributed by atoms with Crippen molar-refractivity contribution in [3.8, 4) is 23.3 Å². The van der Waals surface area contributed by atoms with Crippen LogP contribution in [0, 0.1) is 11.3 Å². The maximum Gasteiger partial charge on any atom is 0.271 e. The van der Waals surface area contributed by atoms with Crippen LogP contribution in [0.3, 0.4) is 0 Å². The lowest BCUT2D eigenvalue weighted by Crippen LogP contribution is -2.17. The number of nitriles is 1. The van der Waals surface area contributed by atoms with Crippen molar-refractivity contribution in [3.63, 3.8) is 0 Å². The number of benzene rings is 2. The van der Waals surface area contributed by atoms with E-state index in [-0.39, 0.29) is 19.3 Å². The Bertz CT molecular complexity index is 810. The summed E-state index contributed by atoms with van der Waals surface area (Å²) in [4.78, 5) is 12.0. The number of carbonyl (C=O) groups is 1. The molecule has 0 aliphatic carbocycles. The van der Waals surface area contributed by atoms with E-state index in [4.69, 9.17) is 19.5 Å². The van der Waals surface area contributed by atoms with E-state index in [0.717, 1.165) is 5.56 Å². The second kappa shape index (κ2) is 7.15. The SMILES string of the molecule is N#CCOc1ccc(/C=N\NC(=O)c2ccc3c(c2)OCO3)cc1. The highest BCUT2D eigenvalue weighted by molar-refractivity contribution is 5.95. The summed E-state index contributed by atoms with van der Waals surface area (Å²) in [6, 6.07) is 13.8. The zero-order chi connectivity index (χ0) is 16.8. The van der Waals surface area contributed by atoms with E-state index in [1.807, 2.05) is 6.07 Å². The fraction of sp³-hybridized carbons (Fsp3) is 0.118. The topological polar surface area (TPSA) is 92.9 Å². The predicted molar refractivity (Wildman–Crippen MR) is 85.2 cm³/mol. The molecule has 24 heavy (non-hydrogen) atoms. The highest BCUT2D eigenvalue weighted by atomic mass is 16.7. The Morgan fingerprint density at radius 3 is 2.83 bits per heavy atom. The number of hydrogen-bond donors (Lipinski definition) is 1. The van der Waals surface area contributed by atoms with Gasteiger partial charge in [0.15, 0.2) is 18.1 Å². The van der Waals surface area contributed by atoms with Crippen molar-refractivity contribution < 1.29 is 19.0 Å². The van der Waals surface area contributed by atoms with Gasteiger partial charge in [0, 0.05) is 5.56 Å². The predicted octanol–water partition coefficient (Wildman–Crippen LogP) is 2.08. The lowest BCUT2D eigenvalue weighted by molar-refractivity contribution is 0.0954. The van der Waals surface area contributed by atoms with Gasteiger partial charge in [0.25, 0.3) is 5.91 Å². The molecule has 2 aromatic carbocycles. The number of hydrogen-bond acceptors (Lipinski definition) is 6. The van der Waals surface area contributed by atoms with Crippen LogP contribution in [0.4, 0.5) is 0 Å². The first-order chi connectivity index (χ1) is 11.8. The van der Waals surface area contributed by atoms with E-state index in [2.05, 4.69) is 10.5 Å². The number of ether oxygens (including phenoxy) is 3. The normalized spacial score (nSPS) is 12.0. The summed E-state index contributed by atoms with van der Waals surface area (Å²) in [5.74, 6) is 1.41. The molecule has 2 aromatic rings.